The Labute approximate surface area is 202 Å². The number of allylic oxidation sites excluding steroid dienone is 2. The zero-order valence-electron chi connectivity index (χ0n) is 18.6. The summed E-state index contributed by atoms with van der Waals surface area (Å²) >= 11 is 12.5. The average molecular weight is 481 g/mol. The van der Waals surface area contributed by atoms with Crippen LogP contribution < -0.4 is 4.90 Å². The van der Waals surface area contributed by atoms with Crippen LogP contribution in [0, 0.1) is 13.8 Å². The number of methoxy groups -OCH3 is 1. The van der Waals surface area contributed by atoms with Crippen LogP contribution in [0.5, 0.6) is 0 Å². The van der Waals surface area contributed by atoms with Gasteiger partial charge in [0, 0.05) is 27.8 Å². The van der Waals surface area contributed by atoms with Gasteiger partial charge in [-0.3, -0.25) is 4.79 Å². The van der Waals surface area contributed by atoms with Crippen LogP contribution in [-0.4, -0.2) is 23.4 Å². The number of rotatable bonds is 4. The predicted octanol–water partition coefficient (Wildman–Crippen LogP) is 6.28. The van der Waals surface area contributed by atoms with E-state index in [9.17, 15) is 9.59 Å². The van der Waals surface area contributed by atoms with Gasteiger partial charge >= 0.3 is 5.97 Å². The van der Waals surface area contributed by atoms with Crippen molar-refractivity contribution in [2.45, 2.75) is 20.8 Å². The van der Waals surface area contributed by atoms with Gasteiger partial charge in [-0.25, -0.2) is 4.79 Å². The molecule has 0 aliphatic carbocycles. The third kappa shape index (κ3) is 3.99. The monoisotopic (exact) mass is 480 g/mol. The Balaban J connectivity index is 1.87. The zero-order valence-corrected chi connectivity index (χ0v) is 20.2. The van der Waals surface area contributed by atoms with E-state index < -0.39 is 5.97 Å². The first-order valence-corrected chi connectivity index (χ1v) is 11.0. The molecule has 0 atom stereocenters. The van der Waals surface area contributed by atoms with E-state index in [2.05, 4.69) is 0 Å². The SMILES string of the molecule is COC(=O)C1=C(C)N(c2ccccc2)/C(=C\c2cc(C)n(-c3ccc(Cl)cc3Cl)c2C)C1=O. The first-order chi connectivity index (χ1) is 15.7. The van der Waals surface area contributed by atoms with E-state index in [0.29, 0.717) is 21.4 Å². The van der Waals surface area contributed by atoms with E-state index in [1.165, 1.54) is 7.11 Å². The maximum Gasteiger partial charge on any atom is 0.343 e. The lowest BCUT2D eigenvalue weighted by Crippen LogP contribution is -2.18. The highest BCUT2D eigenvalue weighted by Crippen LogP contribution is 2.37. The van der Waals surface area contributed by atoms with Gasteiger partial charge in [0.1, 0.15) is 5.57 Å². The number of hydrogen-bond donors (Lipinski definition) is 0. The standard InChI is InChI=1S/C26H22Cl2N2O3/c1-15-12-18(16(2)29(15)22-11-10-19(27)14-21(22)28)13-23-25(31)24(26(32)33-4)17(3)30(23)20-8-6-5-7-9-20/h5-14H,1-4H3/b23-13-. The molecule has 2 heterocycles. The molecular formula is C26H22Cl2N2O3. The number of Topliss-reactive ketones (excluding diaryl/α,β-unsaturated/α-hetero) is 1. The van der Waals surface area contributed by atoms with Gasteiger partial charge in [0.15, 0.2) is 0 Å². The topological polar surface area (TPSA) is 51.5 Å². The number of halogens is 2. The molecule has 0 radical (unpaired) electrons. The summed E-state index contributed by atoms with van der Waals surface area (Å²) < 4.78 is 6.90. The van der Waals surface area contributed by atoms with Crippen molar-refractivity contribution in [1.29, 1.82) is 0 Å². The normalized spacial score (nSPS) is 15.0. The van der Waals surface area contributed by atoms with E-state index in [4.69, 9.17) is 27.9 Å². The van der Waals surface area contributed by atoms with E-state index in [1.54, 1.807) is 30.0 Å². The minimum absolute atomic E-state index is 0.0298. The molecular weight excluding hydrogens is 459 g/mol. The number of nitrogens with zero attached hydrogens (tertiary/aromatic N) is 2. The van der Waals surface area contributed by atoms with Gasteiger partial charge < -0.3 is 14.2 Å². The zero-order chi connectivity index (χ0) is 23.9. The first kappa shape index (κ1) is 22.9. The van der Waals surface area contributed by atoms with Gasteiger partial charge in [-0.2, -0.15) is 0 Å². The Morgan fingerprint density at radius 1 is 1.00 bits per heavy atom. The fourth-order valence-electron chi connectivity index (χ4n) is 4.18. The maximum absolute atomic E-state index is 13.4. The number of aromatic nitrogens is 1. The predicted molar refractivity (Wildman–Crippen MR) is 132 cm³/mol. The second-order valence-corrected chi connectivity index (χ2v) is 8.58. The largest absolute Gasteiger partial charge is 0.465 e. The van der Waals surface area contributed by atoms with Crippen LogP contribution in [0.1, 0.15) is 23.9 Å². The van der Waals surface area contributed by atoms with Crippen LogP contribution >= 0.6 is 23.2 Å². The molecule has 0 amide bonds. The number of hydrogen-bond acceptors (Lipinski definition) is 4. The molecule has 1 aliphatic heterocycles. The van der Waals surface area contributed by atoms with Crippen molar-refractivity contribution in [3.8, 4) is 5.69 Å². The molecule has 33 heavy (non-hydrogen) atoms. The molecule has 168 valence electrons. The molecule has 7 heteroatoms. The second kappa shape index (κ2) is 8.93. The van der Waals surface area contributed by atoms with Crippen LogP contribution in [0.4, 0.5) is 5.69 Å². The lowest BCUT2D eigenvalue weighted by atomic mass is 10.1. The molecule has 0 saturated heterocycles. The molecule has 0 saturated carbocycles. The molecule has 5 nitrogen and oxygen atoms in total. The second-order valence-electron chi connectivity index (χ2n) is 7.74. The summed E-state index contributed by atoms with van der Waals surface area (Å²) in [6, 6.07) is 16.8. The molecule has 4 rings (SSSR count). The van der Waals surface area contributed by atoms with Crippen molar-refractivity contribution < 1.29 is 14.3 Å². The van der Waals surface area contributed by atoms with Crippen molar-refractivity contribution >= 4 is 46.7 Å². The fraction of sp³-hybridized carbons (Fsp3) is 0.154. The van der Waals surface area contributed by atoms with Crippen molar-refractivity contribution in [1.82, 2.24) is 4.57 Å². The molecule has 2 aromatic carbocycles. The summed E-state index contributed by atoms with van der Waals surface area (Å²) in [5.74, 6) is -1.03. The summed E-state index contributed by atoms with van der Waals surface area (Å²) in [7, 11) is 1.27. The van der Waals surface area contributed by atoms with Crippen LogP contribution in [-0.2, 0) is 14.3 Å². The lowest BCUT2D eigenvalue weighted by Gasteiger charge is -2.21. The molecule has 3 aromatic rings. The number of carbonyl (C=O) groups is 2. The smallest absolute Gasteiger partial charge is 0.343 e. The van der Waals surface area contributed by atoms with Crippen LogP contribution in [0.3, 0.4) is 0 Å². The molecule has 0 N–H and O–H groups in total. The Morgan fingerprint density at radius 3 is 2.33 bits per heavy atom. The highest BCUT2D eigenvalue weighted by Gasteiger charge is 2.38. The van der Waals surface area contributed by atoms with Crippen molar-refractivity contribution in [2.24, 2.45) is 0 Å². The quantitative estimate of drug-likeness (QED) is 0.250. The third-order valence-electron chi connectivity index (χ3n) is 5.71. The molecule has 1 aromatic heterocycles. The fourth-order valence-corrected chi connectivity index (χ4v) is 4.68. The lowest BCUT2D eigenvalue weighted by molar-refractivity contribution is -0.137. The highest BCUT2D eigenvalue weighted by atomic mass is 35.5. The number of aryl methyl sites for hydroxylation is 1. The number of carbonyl (C=O) groups excluding carboxylic acids is 2. The number of esters is 1. The molecule has 1 aliphatic rings. The Hall–Kier alpha value is -3.28. The first-order valence-electron chi connectivity index (χ1n) is 10.3. The number of benzene rings is 2. The van der Waals surface area contributed by atoms with E-state index in [0.717, 1.165) is 28.3 Å². The number of para-hydroxylation sites is 1. The number of ketones is 1. The third-order valence-corrected chi connectivity index (χ3v) is 6.25. The summed E-state index contributed by atoms with van der Waals surface area (Å²) in [5.41, 5.74) is 5.18. The summed E-state index contributed by atoms with van der Waals surface area (Å²) in [4.78, 5) is 27.5. The van der Waals surface area contributed by atoms with Gasteiger partial charge in [-0.05, 0) is 68.8 Å². The Morgan fingerprint density at radius 2 is 1.70 bits per heavy atom. The maximum atomic E-state index is 13.4. The summed E-state index contributed by atoms with van der Waals surface area (Å²) in [6.07, 6.45) is 1.80. The van der Waals surface area contributed by atoms with E-state index >= 15 is 0 Å². The summed E-state index contributed by atoms with van der Waals surface area (Å²) in [5, 5.41) is 1.08. The Kier molecular flexibility index (Phi) is 6.19. The number of ether oxygens (including phenoxy) is 1. The molecule has 0 fully saturated rings. The van der Waals surface area contributed by atoms with Gasteiger partial charge in [0.25, 0.3) is 0 Å². The van der Waals surface area contributed by atoms with Crippen LogP contribution in [0.15, 0.2) is 71.6 Å². The average Bonchev–Trinajstić information content (AvgIpc) is 3.20. The highest BCUT2D eigenvalue weighted by molar-refractivity contribution is 6.35. The summed E-state index contributed by atoms with van der Waals surface area (Å²) in [6.45, 7) is 5.67. The minimum Gasteiger partial charge on any atom is -0.465 e. The van der Waals surface area contributed by atoms with E-state index in [-0.39, 0.29) is 11.4 Å². The van der Waals surface area contributed by atoms with Crippen LogP contribution in [0.25, 0.3) is 11.8 Å². The van der Waals surface area contributed by atoms with Crippen molar-refractivity contribution in [3.63, 3.8) is 0 Å². The van der Waals surface area contributed by atoms with Gasteiger partial charge in [-0.1, -0.05) is 41.4 Å². The molecule has 0 bridgehead atoms. The Bertz CT molecular complexity index is 1340. The number of anilines is 1. The van der Waals surface area contributed by atoms with Crippen molar-refractivity contribution in [2.75, 3.05) is 12.0 Å². The van der Waals surface area contributed by atoms with E-state index in [1.807, 2.05) is 60.9 Å². The van der Waals surface area contributed by atoms with Crippen LogP contribution in [0.2, 0.25) is 10.0 Å². The van der Waals surface area contributed by atoms with Crippen molar-refractivity contribution in [3.05, 3.63) is 98.6 Å². The van der Waals surface area contributed by atoms with Gasteiger partial charge in [0.2, 0.25) is 5.78 Å². The van der Waals surface area contributed by atoms with Gasteiger partial charge in [0.05, 0.1) is 23.5 Å². The molecule has 0 unspecified atom stereocenters. The minimum atomic E-state index is -0.653. The van der Waals surface area contributed by atoms with Gasteiger partial charge in [-0.15, -0.1) is 0 Å². The molecule has 0 spiro atoms.